The van der Waals surface area contributed by atoms with Gasteiger partial charge in [-0.05, 0) is 31.2 Å². The number of aryl methyl sites for hydroxylation is 1. The van der Waals surface area contributed by atoms with Crippen LogP contribution in [-0.2, 0) is 24.0 Å². The molecular formula is C23H23N5O2S2. The molecule has 1 amide bonds. The molecule has 0 radical (unpaired) electrons. The van der Waals surface area contributed by atoms with E-state index in [4.69, 9.17) is 4.74 Å². The first-order valence-corrected chi connectivity index (χ1v) is 11.9. The Morgan fingerprint density at radius 1 is 1.16 bits per heavy atom. The Labute approximate surface area is 194 Å². The maximum atomic E-state index is 12.3. The number of rotatable bonds is 8. The Morgan fingerprint density at radius 3 is 2.72 bits per heavy atom. The molecule has 0 saturated carbocycles. The van der Waals surface area contributed by atoms with E-state index in [0.29, 0.717) is 5.75 Å². The third-order valence-corrected chi connectivity index (χ3v) is 6.73. The minimum Gasteiger partial charge on any atom is -0.496 e. The van der Waals surface area contributed by atoms with Crippen molar-refractivity contribution in [3.63, 3.8) is 0 Å². The van der Waals surface area contributed by atoms with E-state index in [9.17, 15) is 4.79 Å². The minimum absolute atomic E-state index is 0.0721. The number of amides is 1. The highest BCUT2D eigenvalue weighted by Crippen LogP contribution is 2.31. The number of benzene rings is 2. The third kappa shape index (κ3) is 5.17. The fraction of sp³-hybridized carbons (Fsp3) is 0.217. The van der Waals surface area contributed by atoms with Crippen LogP contribution in [-0.4, -0.2) is 32.8 Å². The van der Waals surface area contributed by atoms with E-state index in [2.05, 4.69) is 20.5 Å². The summed E-state index contributed by atoms with van der Waals surface area (Å²) in [5.41, 5.74) is 3.76. The molecule has 0 saturated heterocycles. The van der Waals surface area contributed by atoms with Gasteiger partial charge in [0.15, 0.2) is 11.0 Å². The van der Waals surface area contributed by atoms with Crippen LogP contribution in [0.4, 0.5) is 5.69 Å². The summed E-state index contributed by atoms with van der Waals surface area (Å²) >= 11 is 3.05. The topological polar surface area (TPSA) is 81.9 Å². The number of thiazole rings is 1. The SMILES string of the molecule is COc1ccccc1-c1nnc(SCc2csc(CC(=O)Nc3ccc(C)cc3)n2)n1C. The lowest BCUT2D eigenvalue weighted by Gasteiger charge is -2.07. The van der Waals surface area contributed by atoms with Gasteiger partial charge < -0.3 is 14.6 Å². The van der Waals surface area contributed by atoms with Crippen LogP contribution in [0.15, 0.2) is 59.1 Å². The van der Waals surface area contributed by atoms with Crippen LogP contribution in [0, 0.1) is 6.92 Å². The molecule has 0 bridgehead atoms. The highest BCUT2D eigenvalue weighted by Gasteiger charge is 2.16. The Balaban J connectivity index is 1.36. The smallest absolute Gasteiger partial charge is 0.231 e. The number of anilines is 1. The quantitative estimate of drug-likeness (QED) is 0.379. The molecule has 2 heterocycles. The summed E-state index contributed by atoms with van der Waals surface area (Å²) in [5, 5.41) is 15.1. The van der Waals surface area contributed by atoms with Gasteiger partial charge in [-0.2, -0.15) is 0 Å². The predicted octanol–water partition coefficient (Wildman–Crippen LogP) is 4.73. The van der Waals surface area contributed by atoms with Crippen molar-refractivity contribution in [2.24, 2.45) is 7.05 Å². The van der Waals surface area contributed by atoms with Crippen molar-refractivity contribution in [3.05, 3.63) is 70.2 Å². The molecule has 0 spiro atoms. The Kier molecular flexibility index (Phi) is 6.87. The normalized spacial score (nSPS) is 10.8. The Hall–Kier alpha value is -3.17. The molecule has 0 fully saturated rings. The Bertz CT molecular complexity index is 1220. The second kappa shape index (κ2) is 9.97. The molecule has 9 heteroatoms. The van der Waals surface area contributed by atoms with Crippen LogP contribution in [0.25, 0.3) is 11.4 Å². The van der Waals surface area contributed by atoms with Gasteiger partial charge in [0.25, 0.3) is 0 Å². The molecule has 4 aromatic rings. The molecule has 0 aliphatic heterocycles. The molecule has 164 valence electrons. The molecule has 2 aromatic heterocycles. The second-order valence-electron chi connectivity index (χ2n) is 7.18. The zero-order valence-electron chi connectivity index (χ0n) is 18.0. The number of methoxy groups -OCH3 is 1. The highest BCUT2D eigenvalue weighted by atomic mass is 32.2. The van der Waals surface area contributed by atoms with Crippen LogP contribution < -0.4 is 10.1 Å². The fourth-order valence-corrected chi connectivity index (χ4v) is 4.82. The molecule has 0 aliphatic carbocycles. The van der Waals surface area contributed by atoms with Crippen molar-refractivity contribution in [1.29, 1.82) is 0 Å². The molecule has 0 atom stereocenters. The summed E-state index contributed by atoms with van der Waals surface area (Å²) in [7, 11) is 3.58. The van der Waals surface area contributed by atoms with E-state index in [1.54, 1.807) is 18.9 Å². The first-order valence-electron chi connectivity index (χ1n) is 9.99. The average Bonchev–Trinajstić information content (AvgIpc) is 3.39. The molecule has 0 unspecified atom stereocenters. The van der Waals surface area contributed by atoms with Gasteiger partial charge in [-0.25, -0.2) is 4.98 Å². The van der Waals surface area contributed by atoms with Crippen LogP contribution in [0.5, 0.6) is 5.75 Å². The van der Waals surface area contributed by atoms with Gasteiger partial charge in [0, 0.05) is 23.9 Å². The number of carbonyl (C=O) groups is 1. The lowest BCUT2D eigenvalue weighted by atomic mass is 10.2. The molecule has 0 aliphatic rings. The molecule has 32 heavy (non-hydrogen) atoms. The fourth-order valence-electron chi connectivity index (χ4n) is 3.12. The van der Waals surface area contributed by atoms with E-state index in [1.165, 1.54) is 11.3 Å². The zero-order chi connectivity index (χ0) is 22.5. The summed E-state index contributed by atoms with van der Waals surface area (Å²) in [6.45, 7) is 2.01. The number of thioether (sulfide) groups is 1. The predicted molar refractivity (Wildman–Crippen MR) is 128 cm³/mol. The Morgan fingerprint density at radius 2 is 1.94 bits per heavy atom. The monoisotopic (exact) mass is 465 g/mol. The number of nitrogens with one attached hydrogen (secondary N) is 1. The maximum Gasteiger partial charge on any atom is 0.231 e. The van der Waals surface area contributed by atoms with Crippen molar-refractivity contribution < 1.29 is 9.53 Å². The number of para-hydroxylation sites is 1. The standard InChI is InChI=1S/C23H23N5O2S2/c1-15-8-10-16(11-9-15)24-20(29)12-21-25-17(13-31-21)14-32-23-27-26-22(28(23)2)18-6-4-5-7-19(18)30-3/h4-11,13H,12,14H2,1-3H3,(H,24,29). The lowest BCUT2D eigenvalue weighted by Crippen LogP contribution is -2.14. The molecule has 4 rings (SSSR count). The van der Waals surface area contributed by atoms with E-state index in [0.717, 1.165) is 44.2 Å². The summed E-state index contributed by atoms with van der Waals surface area (Å²) in [4.78, 5) is 16.9. The van der Waals surface area contributed by atoms with Crippen LogP contribution >= 0.6 is 23.1 Å². The van der Waals surface area contributed by atoms with Crippen LogP contribution in [0.3, 0.4) is 0 Å². The first kappa shape index (κ1) is 22.0. The summed E-state index contributed by atoms with van der Waals surface area (Å²) in [6, 6.07) is 15.5. The first-order chi connectivity index (χ1) is 15.5. The van der Waals surface area contributed by atoms with Crippen molar-refractivity contribution in [1.82, 2.24) is 19.7 Å². The largest absolute Gasteiger partial charge is 0.496 e. The van der Waals surface area contributed by atoms with E-state index in [1.807, 2.05) is 72.4 Å². The van der Waals surface area contributed by atoms with Gasteiger partial charge in [-0.1, -0.05) is 41.6 Å². The molecule has 7 nitrogen and oxygen atoms in total. The number of hydrogen-bond donors (Lipinski definition) is 1. The molecular weight excluding hydrogens is 442 g/mol. The van der Waals surface area contributed by atoms with Crippen molar-refractivity contribution in [2.75, 3.05) is 12.4 Å². The second-order valence-corrected chi connectivity index (χ2v) is 9.06. The van der Waals surface area contributed by atoms with Gasteiger partial charge in [0.05, 0.1) is 24.8 Å². The average molecular weight is 466 g/mol. The number of nitrogens with zero attached hydrogens (tertiary/aromatic N) is 4. The van der Waals surface area contributed by atoms with Gasteiger partial charge in [-0.3, -0.25) is 4.79 Å². The summed E-state index contributed by atoms with van der Waals surface area (Å²) < 4.78 is 7.39. The lowest BCUT2D eigenvalue weighted by molar-refractivity contribution is -0.115. The molecule has 1 N–H and O–H groups in total. The van der Waals surface area contributed by atoms with E-state index in [-0.39, 0.29) is 12.3 Å². The van der Waals surface area contributed by atoms with Gasteiger partial charge >= 0.3 is 0 Å². The van der Waals surface area contributed by atoms with Crippen LogP contribution in [0.1, 0.15) is 16.3 Å². The highest BCUT2D eigenvalue weighted by molar-refractivity contribution is 7.98. The maximum absolute atomic E-state index is 12.3. The number of ether oxygens (including phenoxy) is 1. The zero-order valence-corrected chi connectivity index (χ0v) is 19.7. The minimum atomic E-state index is -0.0721. The third-order valence-electron chi connectivity index (χ3n) is 4.78. The van der Waals surface area contributed by atoms with Crippen LogP contribution in [0.2, 0.25) is 0 Å². The van der Waals surface area contributed by atoms with E-state index >= 15 is 0 Å². The summed E-state index contributed by atoms with van der Waals surface area (Å²) in [5.74, 6) is 2.08. The van der Waals surface area contributed by atoms with Gasteiger partial charge in [-0.15, -0.1) is 21.5 Å². The van der Waals surface area contributed by atoms with Crippen molar-refractivity contribution >= 4 is 34.7 Å². The number of aromatic nitrogens is 4. The number of hydrogen-bond acceptors (Lipinski definition) is 7. The van der Waals surface area contributed by atoms with E-state index < -0.39 is 0 Å². The number of carbonyl (C=O) groups excluding carboxylic acids is 1. The van der Waals surface area contributed by atoms with Gasteiger partial charge in [0.1, 0.15) is 10.8 Å². The van der Waals surface area contributed by atoms with Gasteiger partial charge in [0.2, 0.25) is 5.91 Å². The summed E-state index contributed by atoms with van der Waals surface area (Å²) in [6.07, 6.45) is 0.255. The van der Waals surface area contributed by atoms with Crippen molar-refractivity contribution in [3.8, 4) is 17.1 Å². The van der Waals surface area contributed by atoms with Crippen molar-refractivity contribution in [2.45, 2.75) is 24.3 Å². The molecule has 2 aromatic carbocycles.